The van der Waals surface area contributed by atoms with Gasteiger partial charge in [-0.3, -0.25) is 28.8 Å². The van der Waals surface area contributed by atoms with Crippen LogP contribution in [-0.4, -0.2) is 59.1 Å². The Bertz CT molecular complexity index is 958. The third-order valence-corrected chi connectivity index (χ3v) is 8.34. The van der Waals surface area contributed by atoms with Crippen molar-refractivity contribution in [2.75, 3.05) is 0 Å². The van der Waals surface area contributed by atoms with E-state index in [-0.39, 0.29) is 77.1 Å². The Morgan fingerprint density at radius 2 is 0.818 bits per heavy atom. The number of amides is 2. The molecule has 0 fully saturated rings. The Morgan fingerprint density at radius 1 is 0.455 bits per heavy atom. The van der Waals surface area contributed by atoms with Crippen molar-refractivity contribution >= 4 is 34.9 Å². The highest BCUT2D eigenvalue weighted by atomic mass is 16.2. The summed E-state index contributed by atoms with van der Waals surface area (Å²) < 4.78 is 0. The van der Waals surface area contributed by atoms with Gasteiger partial charge in [-0.25, -0.2) is 0 Å². The molecule has 9 heteroatoms. The molecule has 0 heterocycles. The van der Waals surface area contributed by atoms with Gasteiger partial charge in [-0.05, 0) is 38.5 Å². The minimum atomic E-state index is -0.719. The fourth-order valence-electron chi connectivity index (χ4n) is 5.21. The van der Waals surface area contributed by atoms with Gasteiger partial charge in [0.05, 0.1) is 18.1 Å². The molecule has 0 aromatic carbocycles. The van der Waals surface area contributed by atoms with E-state index < -0.39 is 23.9 Å². The number of carbonyl (C=O) groups is 6. The van der Waals surface area contributed by atoms with E-state index in [0.29, 0.717) is 38.5 Å². The van der Waals surface area contributed by atoms with Crippen molar-refractivity contribution in [3.63, 3.8) is 0 Å². The molecule has 0 saturated heterocycles. The second kappa shape index (κ2) is 20.6. The summed E-state index contributed by atoms with van der Waals surface area (Å²) in [6, 6.07) is -1.60. The first kappa shape index (κ1) is 41.6. The first-order valence-electron chi connectivity index (χ1n) is 16.8. The van der Waals surface area contributed by atoms with Crippen LogP contribution < -0.4 is 16.0 Å². The van der Waals surface area contributed by atoms with E-state index in [4.69, 9.17) is 0 Å². The topological polar surface area (TPSA) is 139 Å². The van der Waals surface area contributed by atoms with Crippen LogP contribution in [0.1, 0.15) is 128 Å². The maximum atomic E-state index is 13.1. The summed E-state index contributed by atoms with van der Waals surface area (Å²) in [5.74, 6) is -2.01. The summed E-state index contributed by atoms with van der Waals surface area (Å²) >= 11 is 0. The molecule has 9 nitrogen and oxygen atoms in total. The molecule has 0 bridgehead atoms. The third kappa shape index (κ3) is 15.0. The number of ketones is 4. The number of carbonyl (C=O) groups excluding carboxylic acids is 6. The molecule has 0 aromatic heterocycles. The average molecular weight is 622 g/mol. The number of rotatable bonds is 23. The zero-order valence-electron chi connectivity index (χ0n) is 29.7. The fourth-order valence-corrected chi connectivity index (χ4v) is 5.21. The van der Waals surface area contributed by atoms with Crippen molar-refractivity contribution in [3.05, 3.63) is 0 Å². The SMILES string of the molecule is CCC(=O)C(CCC(C)C(=O)NC(CCC(C)C(=O)C(C)C)C(=O)C(C)C)NC(=O)C(C)CCC(NC(C)C)C(=O)C(C)C. The smallest absolute Gasteiger partial charge is 0.223 e. The van der Waals surface area contributed by atoms with E-state index in [1.54, 1.807) is 34.6 Å². The van der Waals surface area contributed by atoms with Crippen molar-refractivity contribution in [2.24, 2.45) is 35.5 Å². The number of hydrogen-bond donors (Lipinski definition) is 3. The van der Waals surface area contributed by atoms with Gasteiger partial charge >= 0.3 is 0 Å². The second-order valence-electron chi connectivity index (χ2n) is 13.9. The van der Waals surface area contributed by atoms with Crippen LogP contribution >= 0.6 is 0 Å². The van der Waals surface area contributed by atoms with Crippen molar-refractivity contribution in [2.45, 2.75) is 152 Å². The first-order valence-corrected chi connectivity index (χ1v) is 16.8. The van der Waals surface area contributed by atoms with Gasteiger partial charge in [0, 0.05) is 48.0 Å². The van der Waals surface area contributed by atoms with Crippen LogP contribution in [0.4, 0.5) is 0 Å². The predicted molar refractivity (Wildman–Crippen MR) is 176 cm³/mol. The Morgan fingerprint density at radius 3 is 1.23 bits per heavy atom. The quantitative estimate of drug-likeness (QED) is 0.142. The largest absolute Gasteiger partial charge is 0.346 e. The van der Waals surface area contributed by atoms with Gasteiger partial charge < -0.3 is 16.0 Å². The van der Waals surface area contributed by atoms with E-state index in [0.717, 1.165) is 0 Å². The molecule has 0 aliphatic carbocycles. The van der Waals surface area contributed by atoms with Gasteiger partial charge in [-0.15, -0.1) is 0 Å². The summed E-state index contributed by atoms with van der Waals surface area (Å²) in [4.78, 5) is 76.9. The maximum absolute atomic E-state index is 13.1. The molecule has 0 saturated carbocycles. The lowest BCUT2D eigenvalue weighted by Crippen LogP contribution is -2.46. The molecule has 44 heavy (non-hydrogen) atoms. The van der Waals surface area contributed by atoms with Crippen LogP contribution in [0.2, 0.25) is 0 Å². The van der Waals surface area contributed by atoms with Crippen LogP contribution in [0.5, 0.6) is 0 Å². The Balaban J connectivity index is 5.31. The summed E-state index contributed by atoms with van der Waals surface area (Å²) in [7, 11) is 0. The summed E-state index contributed by atoms with van der Waals surface area (Å²) in [5, 5.41) is 9.10. The Kier molecular flexibility index (Phi) is 19.4. The lowest BCUT2D eigenvalue weighted by atomic mass is 9.89. The van der Waals surface area contributed by atoms with Gasteiger partial charge in [0.25, 0.3) is 0 Å². The lowest BCUT2D eigenvalue weighted by molar-refractivity contribution is -0.132. The molecule has 6 unspecified atom stereocenters. The van der Waals surface area contributed by atoms with Gasteiger partial charge in [0.2, 0.25) is 11.8 Å². The summed E-state index contributed by atoms with van der Waals surface area (Å²) in [5.41, 5.74) is 0. The summed E-state index contributed by atoms with van der Waals surface area (Å²) in [6.45, 7) is 22.2. The van der Waals surface area contributed by atoms with E-state index >= 15 is 0 Å². The standard InChI is InChI=1S/C35H63N3O6/c1-13-30(39)27(37-34(43)26(12)16-19-28(36-23(8)9)32(41)21(4)5)17-15-25(11)35(44)38-29(33(42)22(6)7)18-14-24(10)31(40)20(2)3/h20-29,36H,13-19H2,1-12H3,(H,37,43)(H,38,44). The normalized spacial score (nSPS) is 15.9. The first-order chi connectivity index (χ1) is 20.3. The Labute approximate surface area is 267 Å². The van der Waals surface area contributed by atoms with E-state index in [9.17, 15) is 28.8 Å². The lowest BCUT2D eigenvalue weighted by Gasteiger charge is -2.25. The molecular weight excluding hydrogens is 558 g/mol. The van der Waals surface area contributed by atoms with Gasteiger partial charge in [0.15, 0.2) is 17.3 Å². The van der Waals surface area contributed by atoms with Crippen molar-refractivity contribution in [1.82, 2.24) is 16.0 Å². The zero-order valence-corrected chi connectivity index (χ0v) is 29.7. The number of hydrogen-bond acceptors (Lipinski definition) is 7. The highest BCUT2D eigenvalue weighted by Crippen LogP contribution is 2.18. The molecule has 0 rings (SSSR count). The van der Waals surface area contributed by atoms with E-state index in [2.05, 4.69) is 16.0 Å². The van der Waals surface area contributed by atoms with Crippen LogP contribution in [0, 0.1) is 35.5 Å². The van der Waals surface area contributed by atoms with Crippen LogP contribution in [-0.2, 0) is 28.8 Å². The third-order valence-electron chi connectivity index (χ3n) is 8.34. The highest BCUT2D eigenvalue weighted by molar-refractivity contribution is 5.91. The number of nitrogens with one attached hydrogen (secondary N) is 3. The second-order valence-corrected chi connectivity index (χ2v) is 13.9. The highest BCUT2D eigenvalue weighted by Gasteiger charge is 2.29. The molecule has 2 amide bonds. The zero-order chi connectivity index (χ0) is 34.3. The Hall–Kier alpha value is -2.42. The minimum absolute atomic E-state index is 0.0732. The van der Waals surface area contributed by atoms with Crippen molar-refractivity contribution in [1.29, 1.82) is 0 Å². The molecule has 0 radical (unpaired) electrons. The van der Waals surface area contributed by atoms with Crippen LogP contribution in [0.3, 0.4) is 0 Å². The van der Waals surface area contributed by atoms with Crippen LogP contribution in [0.25, 0.3) is 0 Å². The summed E-state index contributed by atoms with van der Waals surface area (Å²) in [6.07, 6.45) is 2.81. The van der Waals surface area contributed by atoms with Gasteiger partial charge in [-0.1, -0.05) is 83.1 Å². The van der Waals surface area contributed by atoms with Gasteiger partial charge in [0.1, 0.15) is 5.78 Å². The monoisotopic (exact) mass is 621 g/mol. The minimum Gasteiger partial charge on any atom is -0.346 e. The molecule has 0 spiro atoms. The molecule has 0 aromatic rings. The average Bonchev–Trinajstić information content (AvgIpc) is 2.96. The fraction of sp³-hybridized carbons (Fsp3) is 0.829. The van der Waals surface area contributed by atoms with Crippen LogP contribution in [0.15, 0.2) is 0 Å². The van der Waals surface area contributed by atoms with E-state index in [1.165, 1.54) is 0 Å². The predicted octanol–water partition coefficient (Wildman–Crippen LogP) is 5.23. The molecule has 3 N–H and O–H groups in total. The molecule has 0 aliphatic rings. The number of Topliss-reactive ketones (excluding diaryl/α,β-unsaturated/α-hetero) is 4. The van der Waals surface area contributed by atoms with Gasteiger partial charge in [-0.2, -0.15) is 0 Å². The maximum Gasteiger partial charge on any atom is 0.223 e. The van der Waals surface area contributed by atoms with E-state index in [1.807, 2.05) is 48.5 Å². The molecule has 6 atom stereocenters. The van der Waals surface area contributed by atoms with Crippen molar-refractivity contribution in [3.8, 4) is 0 Å². The molecular formula is C35H63N3O6. The van der Waals surface area contributed by atoms with Crippen molar-refractivity contribution < 1.29 is 28.8 Å². The molecule has 254 valence electrons. The molecule has 0 aliphatic heterocycles.